The second kappa shape index (κ2) is 4.91. The smallest absolute Gasteiger partial charge is 0.410 e. The fraction of sp³-hybridized carbons (Fsp3) is 0.917. The van der Waals surface area contributed by atoms with Crippen LogP contribution in [0.2, 0.25) is 0 Å². The molecule has 0 spiro atoms. The number of amides is 1. The topological polar surface area (TPSA) is 41.6 Å². The molecule has 17 heavy (non-hydrogen) atoms. The van der Waals surface area contributed by atoms with Crippen molar-refractivity contribution in [3.63, 3.8) is 0 Å². The maximum atomic E-state index is 11.9. The number of hydrogen-bond donors (Lipinski definition) is 1. The van der Waals surface area contributed by atoms with Gasteiger partial charge < -0.3 is 9.64 Å². The Bertz CT molecular complexity index is 289. The van der Waals surface area contributed by atoms with E-state index in [4.69, 9.17) is 4.74 Å². The number of nitrogens with one attached hydrogen (secondary N) is 1. The van der Waals surface area contributed by atoms with Crippen LogP contribution in [0, 0.1) is 11.8 Å². The highest BCUT2D eigenvalue weighted by atomic mass is 127. The minimum Gasteiger partial charge on any atom is -0.444 e. The predicted molar refractivity (Wildman–Crippen MR) is 75.0 cm³/mol. The molecule has 0 radical (unpaired) electrons. The SMILES string of the molecule is CC(C)(C)OC(=O)N1CC2CC(NI)C[C@@H]2C1. The third-order valence-electron chi connectivity index (χ3n) is 3.56. The van der Waals surface area contributed by atoms with Gasteiger partial charge in [0.1, 0.15) is 5.60 Å². The average Bonchev–Trinajstić information content (AvgIpc) is 2.70. The highest BCUT2D eigenvalue weighted by molar-refractivity contribution is 14.1. The summed E-state index contributed by atoms with van der Waals surface area (Å²) in [5, 5.41) is 0. The molecule has 2 rings (SSSR count). The summed E-state index contributed by atoms with van der Waals surface area (Å²) in [4.78, 5) is 13.8. The Kier molecular flexibility index (Phi) is 3.87. The Balaban J connectivity index is 1.86. The van der Waals surface area contributed by atoms with E-state index in [0.29, 0.717) is 17.9 Å². The van der Waals surface area contributed by atoms with Gasteiger partial charge in [0, 0.05) is 42.0 Å². The zero-order valence-corrected chi connectivity index (χ0v) is 12.9. The molecule has 1 saturated heterocycles. The number of carbonyl (C=O) groups is 1. The maximum absolute atomic E-state index is 11.9. The van der Waals surface area contributed by atoms with Crippen molar-refractivity contribution in [1.29, 1.82) is 0 Å². The Hall–Kier alpha value is -0.0400. The van der Waals surface area contributed by atoms with Crippen molar-refractivity contribution in [2.75, 3.05) is 13.1 Å². The van der Waals surface area contributed by atoms with Crippen LogP contribution in [0.15, 0.2) is 0 Å². The van der Waals surface area contributed by atoms with E-state index in [1.807, 2.05) is 25.7 Å². The lowest BCUT2D eigenvalue weighted by Gasteiger charge is -2.25. The first kappa shape index (κ1) is 13.4. The molecule has 1 amide bonds. The van der Waals surface area contributed by atoms with Crippen molar-refractivity contribution in [2.45, 2.75) is 45.3 Å². The fourth-order valence-electron chi connectivity index (χ4n) is 2.86. The van der Waals surface area contributed by atoms with Crippen LogP contribution in [0.5, 0.6) is 0 Å². The molecule has 1 saturated carbocycles. The molecule has 3 atom stereocenters. The Morgan fingerprint density at radius 3 is 2.24 bits per heavy atom. The van der Waals surface area contributed by atoms with E-state index in [2.05, 4.69) is 26.4 Å². The van der Waals surface area contributed by atoms with E-state index in [-0.39, 0.29) is 11.7 Å². The van der Waals surface area contributed by atoms with Gasteiger partial charge in [-0.15, -0.1) is 0 Å². The summed E-state index contributed by atoms with van der Waals surface area (Å²) in [5.74, 6) is 1.32. The molecule has 1 N–H and O–H groups in total. The van der Waals surface area contributed by atoms with E-state index >= 15 is 0 Å². The number of nitrogens with zero attached hydrogens (tertiary/aromatic N) is 1. The van der Waals surface area contributed by atoms with Gasteiger partial charge in [0.2, 0.25) is 0 Å². The van der Waals surface area contributed by atoms with Gasteiger partial charge in [-0.3, -0.25) is 3.53 Å². The van der Waals surface area contributed by atoms with Crippen molar-refractivity contribution in [3.05, 3.63) is 0 Å². The van der Waals surface area contributed by atoms with Crippen LogP contribution in [-0.4, -0.2) is 35.7 Å². The molecular weight excluding hydrogens is 331 g/mol. The van der Waals surface area contributed by atoms with Crippen LogP contribution >= 0.6 is 22.9 Å². The van der Waals surface area contributed by atoms with Gasteiger partial charge in [-0.2, -0.15) is 0 Å². The van der Waals surface area contributed by atoms with Gasteiger partial charge in [0.15, 0.2) is 0 Å². The predicted octanol–water partition coefficient (Wildman–Crippen LogP) is 2.57. The Labute approximate surface area is 117 Å². The second-order valence-corrected chi connectivity index (χ2v) is 6.81. The first-order chi connectivity index (χ1) is 7.89. The fourth-order valence-corrected chi connectivity index (χ4v) is 3.37. The number of fused-ring (bicyclic) bond motifs is 1. The average molecular weight is 352 g/mol. The lowest BCUT2D eigenvalue weighted by molar-refractivity contribution is 0.0279. The highest BCUT2D eigenvalue weighted by Gasteiger charge is 2.42. The Morgan fingerprint density at radius 1 is 1.29 bits per heavy atom. The number of halogens is 1. The van der Waals surface area contributed by atoms with Crippen molar-refractivity contribution in [2.24, 2.45) is 11.8 Å². The number of likely N-dealkylation sites (tertiary alicyclic amines) is 1. The highest BCUT2D eigenvalue weighted by Crippen LogP contribution is 2.38. The van der Waals surface area contributed by atoms with Crippen molar-refractivity contribution in [3.8, 4) is 0 Å². The summed E-state index contributed by atoms with van der Waals surface area (Å²) in [5.41, 5.74) is -0.388. The summed E-state index contributed by atoms with van der Waals surface area (Å²) >= 11 is 2.23. The minimum atomic E-state index is -0.388. The molecule has 0 aromatic carbocycles. The summed E-state index contributed by atoms with van der Waals surface area (Å²) in [7, 11) is 0. The van der Waals surface area contributed by atoms with Gasteiger partial charge in [-0.05, 0) is 45.4 Å². The van der Waals surface area contributed by atoms with Crippen LogP contribution in [0.3, 0.4) is 0 Å². The van der Waals surface area contributed by atoms with E-state index in [1.54, 1.807) is 0 Å². The lowest BCUT2D eigenvalue weighted by Crippen LogP contribution is -2.36. The summed E-state index contributed by atoms with van der Waals surface area (Å²) in [6, 6.07) is 0.631. The quantitative estimate of drug-likeness (QED) is 0.583. The number of carbonyl (C=O) groups excluding carboxylic acids is 1. The van der Waals surface area contributed by atoms with E-state index in [0.717, 1.165) is 13.1 Å². The number of rotatable bonds is 1. The van der Waals surface area contributed by atoms with Crippen molar-refractivity contribution in [1.82, 2.24) is 8.43 Å². The van der Waals surface area contributed by atoms with Gasteiger partial charge in [-0.25, -0.2) is 4.79 Å². The molecule has 0 bridgehead atoms. The molecule has 2 aliphatic rings. The molecule has 1 aliphatic carbocycles. The van der Waals surface area contributed by atoms with Gasteiger partial charge in [-0.1, -0.05) is 0 Å². The van der Waals surface area contributed by atoms with Crippen LogP contribution in [0.4, 0.5) is 4.79 Å². The first-order valence-corrected chi connectivity index (χ1v) is 7.31. The molecule has 5 heteroatoms. The zero-order chi connectivity index (χ0) is 12.6. The molecule has 2 unspecified atom stereocenters. The van der Waals surface area contributed by atoms with Crippen LogP contribution in [0.25, 0.3) is 0 Å². The third-order valence-corrected chi connectivity index (χ3v) is 4.44. The van der Waals surface area contributed by atoms with Crippen LogP contribution < -0.4 is 3.53 Å². The molecule has 0 aromatic rings. The normalized spacial score (nSPS) is 32.7. The minimum absolute atomic E-state index is 0.147. The van der Waals surface area contributed by atoms with Crippen LogP contribution in [-0.2, 0) is 4.74 Å². The molecule has 98 valence electrons. The summed E-state index contributed by atoms with van der Waals surface area (Å²) in [6.07, 6.45) is 2.23. The summed E-state index contributed by atoms with van der Waals surface area (Å²) < 4.78 is 8.72. The second-order valence-electron chi connectivity index (χ2n) is 6.18. The van der Waals surface area contributed by atoms with Gasteiger partial charge >= 0.3 is 6.09 Å². The molecule has 1 heterocycles. The maximum Gasteiger partial charge on any atom is 0.410 e. The Morgan fingerprint density at radius 2 is 1.82 bits per heavy atom. The molecular formula is C12H21IN2O2. The van der Waals surface area contributed by atoms with Crippen molar-refractivity contribution < 1.29 is 9.53 Å². The monoisotopic (exact) mass is 352 g/mol. The van der Waals surface area contributed by atoms with Crippen LogP contribution in [0.1, 0.15) is 33.6 Å². The standard InChI is InChI=1S/C12H21IN2O2/c1-12(2,3)17-11(16)15-6-8-4-10(14-13)5-9(8)7-15/h8-10,14H,4-7H2,1-3H3/t8-,9?,10?/m1/s1. The largest absolute Gasteiger partial charge is 0.444 e. The van der Waals surface area contributed by atoms with Crippen molar-refractivity contribution >= 4 is 29.0 Å². The first-order valence-electron chi connectivity index (χ1n) is 6.23. The van der Waals surface area contributed by atoms with E-state index < -0.39 is 0 Å². The number of ether oxygens (including phenoxy) is 1. The molecule has 0 aromatic heterocycles. The van der Waals surface area contributed by atoms with E-state index in [9.17, 15) is 4.79 Å². The lowest BCUT2D eigenvalue weighted by atomic mass is 10.0. The van der Waals surface area contributed by atoms with Gasteiger partial charge in [0.05, 0.1) is 0 Å². The van der Waals surface area contributed by atoms with E-state index in [1.165, 1.54) is 12.8 Å². The van der Waals surface area contributed by atoms with Gasteiger partial charge in [0.25, 0.3) is 0 Å². The summed E-state index contributed by atoms with van der Waals surface area (Å²) in [6.45, 7) is 7.48. The third kappa shape index (κ3) is 3.24. The number of hydrogen-bond acceptors (Lipinski definition) is 3. The zero-order valence-electron chi connectivity index (χ0n) is 10.7. The molecule has 4 nitrogen and oxygen atoms in total. The molecule has 1 aliphatic heterocycles. The molecule has 2 fully saturated rings.